The van der Waals surface area contributed by atoms with E-state index in [1.165, 1.54) is 0 Å². The molecule has 1 saturated heterocycles. The first-order chi connectivity index (χ1) is 8.13. The van der Waals surface area contributed by atoms with Crippen molar-refractivity contribution in [2.45, 2.75) is 38.3 Å². The highest BCUT2D eigenvalue weighted by Gasteiger charge is 2.42. The second-order valence-corrected chi connectivity index (χ2v) is 4.74. The van der Waals surface area contributed by atoms with Crippen molar-refractivity contribution in [3.63, 3.8) is 0 Å². The molecule has 0 spiro atoms. The van der Waals surface area contributed by atoms with E-state index < -0.39 is 5.60 Å². The monoisotopic (exact) mass is 237 g/mol. The molecule has 0 bridgehead atoms. The lowest BCUT2D eigenvalue weighted by molar-refractivity contribution is -0.156. The first-order valence-electron chi connectivity index (χ1n) is 6.10. The van der Waals surface area contributed by atoms with Crippen molar-refractivity contribution in [3.8, 4) is 0 Å². The fourth-order valence-electron chi connectivity index (χ4n) is 2.27. The quantitative estimate of drug-likeness (QED) is 0.818. The van der Waals surface area contributed by atoms with Gasteiger partial charge < -0.3 is 10.0 Å². The summed E-state index contributed by atoms with van der Waals surface area (Å²) in [6.45, 7) is 3.62. The highest BCUT2D eigenvalue weighted by Crippen LogP contribution is 2.26. The number of carbonyl (C=O) groups excluding carboxylic acids is 1. The van der Waals surface area contributed by atoms with Gasteiger partial charge in [-0.25, -0.2) is 0 Å². The average molecular weight is 237 g/mol. The third-order valence-electron chi connectivity index (χ3n) is 3.15. The molecule has 1 fully saturated rings. The predicted octanol–water partition coefficient (Wildman–Crippen LogP) is 0.647. The second-order valence-electron chi connectivity index (χ2n) is 4.74. The van der Waals surface area contributed by atoms with E-state index in [2.05, 4.69) is 5.10 Å². The Hall–Kier alpha value is -1.36. The van der Waals surface area contributed by atoms with Crippen LogP contribution in [0.15, 0.2) is 18.5 Å². The Bertz CT molecular complexity index is 369. The third kappa shape index (κ3) is 2.85. The lowest BCUT2D eigenvalue weighted by atomic mass is 9.89. The normalized spacial score (nSPS) is 17.9. The molecular weight excluding hydrogens is 218 g/mol. The Morgan fingerprint density at radius 2 is 2.29 bits per heavy atom. The number of rotatable bonds is 5. The van der Waals surface area contributed by atoms with Crippen LogP contribution >= 0.6 is 0 Å². The molecule has 1 N–H and O–H groups in total. The van der Waals surface area contributed by atoms with Crippen LogP contribution in [0, 0.1) is 0 Å². The Morgan fingerprint density at radius 1 is 1.53 bits per heavy atom. The topological polar surface area (TPSA) is 58.4 Å². The zero-order valence-corrected chi connectivity index (χ0v) is 10.2. The lowest BCUT2D eigenvalue weighted by Crippen LogP contribution is -2.63. The van der Waals surface area contributed by atoms with Crippen molar-refractivity contribution < 1.29 is 9.90 Å². The van der Waals surface area contributed by atoms with Crippen LogP contribution in [0.2, 0.25) is 0 Å². The summed E-state index contributed by atoms with van der Waals surface area (Å²) in [7, 11) is 0. The standard InChI is InChI=1S/C12H19N3O2/c1-2-5-12(17)9-14(10-12)11(16)4-8-15-7-3-6-13-15/h3,6-7,17H,2,4-5,8-10H2,1H3. The van der Waals surface area contributed by atoms with E-state index >= 15 is 0 Å². The second kappa shape index (κ2) is 4.87. The Kier molecular flexibility index (Phi) is 3.47. The minimum absolute atomic E-state index is 0.0984. The third-order valence-corrected chi connectivity index (χ3v) is 3.15. The zero-order valence-electron chi connectivity index (χ0n) is 10.2. The summed E-state index contributed by atoms with van der Waals surface area (Å²) in [4.78, 5) is 13.5. The van der Waals surface area contributed by atoms with E-state index in [-0.39, 0.29) is 5.91 Å². The molecule has 0 radical (unpaired) electrons. The average Bonchev–Trinajstić information content (AvgIpc) is 2.75. The van der Waals surface area contributed by atoms with E-state index in [0.717, 1.165) is 12.8 Å². The number of carbonyl (C=O) groups is 1. The molecule has 0 saturated carbocycles. The first kappa shape index (κ1) is 12.1. The van der Waals surface area contributed by atoms with Crippen LogP contribution in [0.3, 0.4) is 0 Å². The van der Waals surface area contributed by atoms with Gasteiger partial charge >= 0.3 is 0 Å². The molecule has 0 unspecified atom stereocenters. The van der Waals surface area contributed by atoms with Gasteiger partial charge in [0, 0.05) is 25.4 Å². The number of amides is 1. The molecule has 17 heavy (non-hydrogen) atoms. The SMILES string of the molecule is CCCC1(O)CN(C(=O)CCn2cccn2)C1. The number of likely N-dealkylation sites (tertiary alicyclic amines) is 1. The smallest absolute Gasteiger partial charge is 0.224 e. The number of β-amino-alcohol motifs (C(OH)–C–C–N with tert-alkyl or cyclic N) is 1. The van der Waals surface area contributed by atoms with Crippen LogP contribution in [0.5, 0.6) is 0 Å². The Morgan fingerprint density at radius 3 is 2.88 bits per heavy atom. The maximum absolute atomic E-state index is 11.8. The molecule has 1 aliphatic heterocycles. The summed E-state index contributed by atoms with van der Waals surface area (Å²) in [6.07, 6.45) is 5.72. The molecule has 94 valence electrons. The van der Waals surface area contributed by atoms with E-state index in [4.69, 9.17) is 0 Å². The van der Waals surface area contributed by atoms with Crippen LogP contribution in [-0.2, 0) is 11.3 Å². The van der Waals surface area contributed by atoms with Crippen molar-refractivity contribution in [2.24, 2.45) is 0 Å². The van der Waals surface area contributed by atoms with Gasteiger partial charge in [0.15, 0.2) is 0 Å². The van der Waals surface area contributed by atoms with E-state index in [0.29, 0.717) is 26.1 Å². The minimum Gasteiger partial charge on any atom is -0.386 e. The fraction of sp³-hybridized carbons (Fsp3) is 0.667. The predicted molar refractivity (Wildman–Crippen MR) is 63.3 cm³/mol. The number of hydrogen-bond acceptors (Lipinski definition) is 3. The van der Waals surface area contributed by atoms with Crippen molar-refractivity contribution in [3.05, 3.63) is 18.5 Å². The molecule has 5 heteroatoms. The summed E-state index contributed by atoms with van der Waals surface area (Å²) >= 11 is 0. The van der Waals surface area contributed by atoms with Crippen molar-refractivity contribution in [1.29, 1.82) is 0 Å². The molecule has 1 aliphatic rings. The molecule has 2 rings (SSSR count). The summed E-state index contributed by atoms with van der Waals surface area (Å²) in [5, 5.41) is 14.0. The Labute approximate surface area is 101 Å². The fourth-order valence-corrected chi connectivity index (χ4v) is 2.27. The number of aliphatic hydroxyl groups is 1. The first-order valence-corrected chi connectivity index (χ1v) is 6.10. The number of hydrogen-bond donors (Lipinski definition) is 1. The molecule has 1 aromatic rings. The van der Waals surface area contributed by atoms with E-state index in [1.54, 1.807) is 15.8 Å². The van der Waals surface area contributed by atoms with Crippen LogP contribution in [0.4, 0.5) is 0 Å². The van der Waals surface area contributed by atoms with Crippen molar-refractivity contribution in [1.82, 2.24) is 14.7 Å². The van der Waals surface area contributed by atoms with Crippen LogP contribution in [0.25, 0.3) is 0 Å². The van der Waals surface area contributed by atoms with Gasteiger partial charge in [-0.2, -0.15) is 5.10 Å². The van der Waals surface area contributed by atoms with Gasteiger partial charge in [0.05, 0.1) is 18.7 Å². The Balaban J connectivity index is 1.72. The van der Waals surface area contributed by atoms with Gasteiger partial charge in [-0.1, -0.05) is 13.3 Å². The van der Waals surface area contributed by atoms with Gasteiger partial charge in [-0.3, -0.25) is 9.48 Å². The number of aryl methyl sites for hydroxylation is 1. The molecule has 5 nitrogen and oxygen atoms in total. The van der Waals surface area contributed by atoms with Crippen LogP contribution in [-0.4, -0.2) is 44.4 Å². The zero-order chi connectivity index (χ0) is 12.3. The lowest BCUT2D eigenvalue weighted by Gasteiger charge is -2.46. The molecular formula is C12H19N3O2. The maximum Gasteiger partial charge on any atom is 0.224 e. The van der Waals surface area contributed by atoms with E-state index in [9.17, 15) is 9.90 Å². The van der Waals surface area contributed by atoms with Gasteiger partial charge in [-0.15, -0.1) is 0 Å². The van der Waals surface area contributed by atoms with Gasteiger partial charge in [-0.05, 0) is 12.5 Å². The van der Waals surface area contributed by atoms with Crippen molar-refractivity contribution >= 4 is 5.91 Å². The molecule has 1 amide bonds. The minimum atomic E-state index is -0.629. The molecule has 0 atom stereocenters. The highest BCUT2D eigenvalue weighted by atomic mass is 16.3. The number of nitrogens with zero attached hydrogens (tertiary/aromatic N) is 3. The molecule has 1 aromatic heterocycles. The summed E-state index contributed by atoms with van der Waals surface area (Å²) in [5.74, 6) is 0.0984. The van der Waals surface area contributed by atoms with Crippen LogP contribution in [0.1, 0.15) is 26.2 Å². The van der Waals surface area contributed by atoms with Crippen LogP contribution < -0.4 is 0 Å². The number of aromatic nitrogens is 2. The van der Waals surface area contributed by atoms with Gasteiger partial charge in [0.2, 0.25) is 5.91 Å². The molecule has 2 heterocycles. The summed E-state index contributed by atoms with van der Waals surface area (Å²) in [6, 6.07) is 1.84. The van der Waals surface area contributed by atoms with E-state index in [1.807, 2.05) is 19.2 Å². The highest BCUT2D eigenvalue weighted by molar-refractivity contribution is 5.77. The summed E-state index contributed by atoms with van der Waals surface area (Å²) < 4.78 is 1.75. The molecule has 0 aromatic carbocycles. The summed E-state index contributed by atoms with van der Waals surface area (Å²) in [5.41, 5.74) is -0.629. The van der Waals surface area contributed by atoms with Crippen molar-refractivity contribution in [2.75, 3.05) is 13.1 Å². The van der Waals surface area contributed by atoms with Gasteiger partial charge in [0.1, 0.15) is 0 Å². The maximum atomic E-state index is 11.8. The molecule has 0 aliphatic carbocycles. The van der Waals surface area contributed by atoms with Gasteiger partial charge in [0.25, 0.3) is 0 Å². The largest absolute Gasteiger partial charge is 0.386 e.